The van der Waals surface area contributed by atoms with Crippen molar-refractivity contribution >= 4 is 17.7 Å². The summed E-state index contributed by atoms with van der Waals surface area (Å²) in [5.41, 5.74) is 2.00. The maximum atomic E-state index is 14.1. The van der Waals surface area contributed by atoms with Gasteiger partial charge in [-0.15, -0.1) is 0 Å². The molecule has 188 valence electrons. The van der Waals surface area contributed by atoms with E-state index in [0.717, 1.165) is 29.6 Å². The number of ketones is 1. The van der Waals surface area contributed by atoms with Crippen molar-refractivity contribution in [1.29, 1.82) is 0 Å². The van der Waals surface area contributed by atoms with E-state index in [-0.39, 0.29) is 42.4 Å². The average Bonchev–Trinajstić information content (AvgIpc) is 3.34. The Morgan fingerprint density at radius 1 is 1.14 bits per heavy atom. The highest BCUT2D eigenvalue weighted by Gasteiger charge is 2.65. The molecule has 1 unspecified atom stereocenters. The predicted molar refractivity (Wildman–Crippen MR) is 126 cm³/mol. The van der Waals surface area contributed by atoms with E-state index in [9.17, 15) is 14.4 Å². The number of furan rings is 1. The first-order valence-electron chi connectivity index (χ1n) is 12.3. The molecule has 0 spiro atoms. The summed E-state index contributed by atoms with van der Waals surface area (Å²) in [5.74, 6) is -0.277. The standard InChI is InChI=1S/C28H34O7/c1-26(2)20(13-21(29)32-5)28(4)18-7-9-27(3)19(16(18)11-17(23(28)31)25(26)33-6)12-22(30)35-24(27)15-8-10-34-14-15/h8,10,14,18,20,24H,7,9,11-13H2,1-6H3/t18?,20-,24-,27+,28+/m0/s1. The Balaban J connectivity index is 1.72. The van der Waals surface area contributed by atoms with Gasteiger partial charge >= 0.3 is 11.9 Å². The van der Waals surface area contributed by atoms with Crippen LogP contribution in [0, 0.1) is 28.1 Å². The number of methoxy groups -OCH3 is 2. The second kappa shape index (κ2) is 7.84. The molecule has 0 amide bonds. The molecule has 4 aliphatic rings. The van der Waals surface area contributed by atoms with Crippen LogP contribution in [0.4, 0.5) is 0 Å². The molecule has 2 fully saturated rings. The van der Waals surface area contributed by atoms with Crippen molar-refractivity contribution < 1.29 is 33.0 Å². The van der Waals surface area contributed by atoms with Crippen LogP contribution in [0.5, 0.6) is 0 Å². The average molecular weight is 483 g/mol. The smallest absolute Gasteiger partial charge is 0.310 e. The highest BCUT2D eigenvalue weighted by atomic mass is 16.5. The van der Waals surface area contributed by atoms with Crippen LogP contribution in [-0.4, -0.2) is 31.9 Å². The largest absolute Gasteiger partial charge is 0.500 e. The molecule has 35 heavy (non-hydrogen) atoms. The molecule has 1 aromatic rings. The number of Topliss-reactive ketones (excluding diaryl/α,β-unsaturated/α-hetero) is 1. The maximum absolute atomic E-state index is 14.1. The number of ether oxygens (including phenoxy) is 3. The number of cyclic esters (lactones) is 1. The summed E-state index contributed by atoms with van der Waals surface area (Å²) in [7, 11) is 2.97. The third-order valence-electron chi connectivity index (χ3n) is 9.56. The summed E-state index contributed by atoms with van der Waals surface area (Å²) in [6, 6.07) is 1.85. The zero-order chi connectivity index (χ0) is 25.3. The van der Waals surface area contributed by atoms with Crippen LogP contribution in [0.3, 0.4) is 0 Å². The lowest BCUT2D eigenvalue weighted by molar-refractivity contribution is -0.163. The Labute approximate surface area is 205 Å². The highest BCUT2D eigenvalue weighted by molar-refractivity contribution is 6.04. The van der Waals surface area contributed by atoms with Crippen LogP contribution in [0.1, 0.15) is 71.5 Å². The Morgan fingerprint density at radius 2 is 1.89 bits per heavy atom. The molecule has 3 aliphatic carbocycles. The van der Waals surface area contributed by atoms with Gasteiger partial charge in [0.1, 0.15) is 11.9 Å². The van der Waals surface area contributed by atoms with Gasteiger partial charge in [0, 0.05) is 33.8 Å². The van der Waals surface area contributed by atoms with Gasteiger partial charge in [-0.3, -0.25) is 14.4 Å². The van der Waals surface area contributed by atoms with Crippen LogP contribution in [0.15, 0.2) is 45.5 Å². The van der Waals surface area contributed by atoms with E-state index in [0.29, 0.717) is 17.8 Å². The van der Waals surface area contributed by atoms with E-state index in [1.54, 1.807) is 19.6 Å². The highest BCUT2D eigenvalue weighted by Crippen LogP contribution is 2.67. The molecule has 1 aromatic heterocycles. The van der Waals surface area contributed by atoms with Crippen molar-refractivity contribution in [2.45, 2.75) is 65.9 Å². The Bertz CT molecular complexity index is 1150. The van der Waals surface area contributed by atoms with E-state index in [1.807, 2.05) is 13.0 Å². The number of rotatable bonds is 4. The van der Waals surface area contributed by atoms with Crippen LogP contribution >= 0.6 is 0 Å². The quantitative estimate of drug-likeness (QED) is 0.436. The second-order valence-electron chi connectivity index (χ2n) is 11.5. The normalized spacial score (nSPS) is 35.8. The molecule has 2 bridgehead atoms. The molecule has 1 saturated heterocycles. The van der Waals surface area contributed by atoms with Crippen LogP contribution in [-0.2, 0) is 28.6 Å². The monoisotopic (exact) mass is 482 g/mol. The Morgan fingerprint density at radius 3 is 2.51 bits per heavy atom. The summed E-state index contributed by atoms with van der Waals surface area (Å²) < 4.78 is 22.1. The van der Waals surface area contributed by atoms with Gasteiger partial charge in [-0.05, 0) is 36.3 Å². The number of hydrogen-bond acceptors (Lipinski definition) is 7. The van der Waals surface area contributed by atoms with Crippen molar-refractivity contribution in [3.8, 4) is 0 Å². The summed E-state index contributed by atoms with van der Waals surface area (Å²) in [6.07, 6.45) is 5.14. The van der Waals surface area contributed by atoms with E-state index in [1.165, 1.54) is 7.11 Å². The number of allylic oxidation sites excluding steroid dienone is 3. The lowest BCUT2D eigenvalue weighted by Gasteiger charge is -2.60. The number of hydrogen-bond donors (Lipinski definition) is 0. The fourth-order valence-corrected chi connectivity index (χ4v) is 7.89. The Kier molecular flexibility index (Phi) is 5.35. The minimum absolute atomic E-state index is 0.0605. The fourth-order valence-electron chi connectivity index (χ4n) is 7.89. The zero-order valence-corrected chi connectivity index (χ0v) is 21.4. The minimum atomic E-state index is -0.802. The summed E-state index contributed by atoms with van der Waals surface area (Å²) in [6.45, 7) is 8.29. The van der Waals surface area contributed by atoms with Crippen LogP contribution < -0.4 is 0 Å². The van der Waals surface area contributed by atoms with Crippen molar-refractivity contribution in [3.63, 3.8) is 0 Å². The molecule has 5 rings (SSSR count). The van der Waals surface area contributed by atoms with Gasteiger partial charge in [0.15, 0.2) is 5.78 Å². The van der Waals surface area contributed by atoms with Gasteiger partial charge in [-0.2, -0.15) is 0 Å². The van der Waals surface area contributed by atoms with E-state index in [4.69, 9.17) is 18.6 Å². The van der Waals surface area contributed by atoms with Gasteiger partial charge in [0.05, 0.1) is 39.6 Å². The number of esters is 2. The van der Waals surface area contributed by atoms with Crippen molar-refractivity contribution in [2.75, 3.05) is 14.2 Å². The van der Waals surface area contributed by atoms with E-state index < -0.39 is 22.3 Å². The van der Waals surface area contributed by atoms with Crippen molar-refractivity contribution in [3.05, 3.63) is 46.6 Å². The molecular weight excluding hydrogens is 448 g/mol. The second-order valence-corrected chi connectivity index (χ2v) is 11.5. The predicted octanol–water partition coefficient (Wildman–Crippen LogP) is 5.08. The summed E-state index contributed by atoms with van der Waals surface area (Å²) in [5, 5.41) is 0. The SMILES string of the molecule is COC(=O)C[C@H]1C(C)(C)C(OC)=C2CC3=C4CC(=O)O[C@@H](c5ccoc5)[C@]4(C)CCC3[C@@]1(C)C2=O. The molecule has 0 N–H and O–H groups in total. The Hall–Kier alpha value is -2.83. The number of carbonyl (C=O) groups excluding carboxylic acids is 3. The summed E-state index contributed by atoms with van der Waals surface area (Å²) in [4.78, 5) is 39.5. The van der Waals surface area contributed by atoms with Gasteiger partial charge in [-0.1, -0.05) is 33.3 Å². The molecule has 5 atom stereocenters. The van der Waals surface area contributed by atoms with E-state index in [2.05, 4.69) is 20.8 Å². The maximum Gasteiger partial charge on any atom is 0.310 e. The van der Waals surface area contributed by atoms with Crippen LogP contribution in [0.2, 0.25) is 0 Å². The molecule has 7 nitrogen and oxygen atoms in total. The van der Waals surface area contributed by atoms with Crippen molar-refractivity contribution in [2.24, 2.45) is 28.1 Å². The van der Waals surface area contributed by atoms with Gasteiger partial charge in [0.2, 0.25) is 0 Å². The molecule has 1 aliphatic heterocycles. The van der Waals surface area contributed by atoms with Gasteiger partial charge in [-0.25, -0.2) is 0 Å². The lowest BCUT2D eigenvalue weighted by atomic mass is 9.43. The lowest BCUT2D eigenvalue weighted by Crippen LogP contribution is -2.58. The topological polar surface area (TPSA) is 92.0 Å². The molecule has 1 saturated carbocycles. The molecule has 0 aromatic carbocycles. The molecular formula is C28H34O7. The first-order valence-corrected chi connectivity index (χ1v) is 12.3. The first-order chi connectivity index (χ1) is 16.5. The third kappa shape index (κ3) is 3.12. The van der Waals surface area contributed by atoms with Gasteiger partial charge in [0.25, 0.3) is 0 Å². The number of fused-ring (bicyclic) bond motifs is 5. The van der Waals surface area contributed by atoms with Crippen molar-refractivity contribution in [1.82, 2.24) is 0 Å². The summed E-state index contributed by atoms with van der Waals surface area (Å²) >= 11 is 0. The molecule has 2 heterocycles. The van der Waals surface area contributed by atoms with E-state index >= 15 is 0 Å². The third-order valence-corrected chi connectivity index (χ3v) is 9.56. The molecule has 0 radical (unpaired) electrons. The molecule has 7 heteroatoms. The number of carbonyl (C=O) groups is 3. The zero-order valence-electron chi connectivity index (χ0n) is 21.4. The fraction of sp³-hybridized carbons (Fsp3) is 0.607. The van der Waals surface area contributed by atoms with Gasteiger partial charge < -0.3 is 18.6 Å². The minimum Gasteiger partial charge on any atom is -0.500 e. The van der Waals surface area contributed by atoms with Crippen LogP contribution in [0.25, 0.3) is 0 Å². The first kappa shape index (κ1) is 23.9.